The molecule has 52 heavy (non-hydrogen) atoms. The third-order valence-corrected chi connectivity index (χ3v) is 11.0. The summed E-state index contributed by atoms with van der Waals surface area (Å²) in [5.41, 5.74) is 7.18. The molecule has 0 radical (unpaired) electrons. The Bertz CT molecular complexity index is 2190. The van der Waals surface area contributed by atoms with Crippen molar-refractivity contribution < 1.29 is 19.1 Å². The van der Waals surface area contributed by atoms with Crippen LogP contribution in [-0.2, 0) is 16.2 Å². The number of rotatable bonds is 7. The number of barbiturate groups is 1. The van der Waals surface area contributed by atoms with E-state index in [4.69, 9.17) is 39.5 Å². The second-order valence-corrected chi connectivity index (χ2v) is 14.4. The van der Waals surface area contributed by atoms with Gasteiger partial charge in [0.1, 0.15) is 17.9 Å². The highest BCUT2D eigenvalue weighted by atomic mass is 35.5. The predicted octanol–water partition coefficient (Wildman–Crippen LogP) is 9.77. The van der Waals surface area contributed by atoms with Crippen LogP contribution >= 0.6 is 34.8 Å². The number of ether oxygens (including phenoxy) is 1. The first-order chi connectivity index (χ1) is 25.2. The van der Waals surface area contributed by atoms with E-state index in [9.17, 15) is 14.4 Å². The van der Waals surface area contributed by atoms with E-state index in [-0.39, 0.29) is 29.0 Å². The smallest absolute Gasteiger partial charge is 0.335 e. The van der Waals surface area contributed by atoms with Crippen LogP contribution in [0.2, 0.25) is 15.1 Å². The average molecular weight is 749 g/mol. The van der Waals surface area contributed by atoms with Gasteiger partial charge in [-0.3, -0.25) is 14.9 Å². The van der Waals surface area contributed by atoms with Gasteiger partial charge in [-0.25, -0.2) is 9.69 Å². The van der Waals surface area contributed by atoms with E-state index in [0.29, 0.717) is 27.0 Å². The fraction of sp³-hybridized carbons (Fsp3) is 0.167. The maximum Gasteiger partial charge on any atom is 0.335 e. The largest absolute Gasteiger partial charge is 0.487 e. The van der Waals surface area contributed by atoms with E-state index in [1.165, 1.54) is 17.2 Å². The molecule has 260 valence electrons. The minimum atomic E-state index is -0.792. The molecular formula is C42H32Cl3N3O4. The molecule has 5 aromatic carbocycles. The Labute approximate surface area is 316 Å². The van der Waals surface area contributed by atoms with Crippen LogP contribution in [0, 0.1) is 0 Å². The molecule has 3 aliphatic rings. The van der Waals surface area contributed by atoms with Crippen molar-refractivity contribution in [3.63, 3.8) is 0 Å². The summed E-state index contributed by atoms with van der Waals surface area (Å²) in [5.74, 6) is -0.950. The summed E-state index contributed by atoms with van der Waals surface area (Å²) in [5, 5.41) is 3.55. The van der Waals surface area contributed by atoms with Crippen molar-refractivity contribution in [3.05, 3.63) is 163 Å². The highest BCUT2D eigenvalue weighted by molar-refractivity contribution is 6.42. The molecule has 0 spiro atoms. The molecule has 0 aliphatic carbocycles. The summed E-state index contributed by atoms with van der Waals surface area (Å²) in [7, 11) is 0. The van der Waals surface area contributed by atoms with Crippen LogP contribution in [0.5, 0.6) is 5.75 Å². The van der Waals surface area contributed by atoms with Crippen LogP contribution in [0.1, 0.15) is 58.1 Å². The molecule has 5 aromatic rings. The van der Waals surface area contributed by atoms with Gasteiger partial charge in [0.2, 0.25) is 0 Å². The van der Waals surface area contributed by atoms with Gasteiger partial charge < -0.3 is 9.64 Å². The number of hydrogen-bond acceptors (Lipinski definition) is 5. The lowest BCUT2D eigenvalue weighted by atomic mass is 9.76. The Balaban J connectivity index is 1.15. The van der Waals surface area contributed by atoms with E-state index in [1.54, 1.807) is 36.4 Å². The van der Waals surface area contributed by atoms with Gasteiger partial charge in [0.15, 0.2) is 0 Å². The zero-order chi connectivity index (χ0) is 35.9. The quantitative estimate of drug-likeness (QED) is 0.133. The number of halogens is 3. The number of carbonyl (C=O) groups excluding carboxylic acids is 3. The molecule has 0 bridgehead atoms. The number of amides is 4. The lowest BCUT2D eigenvalue weighted by Crippen LogP contribution is -2.54. The maximum atomic E-state index is 14.3. The molecule has 8 rings (SSSR count). The maximum absolute atomic E-state index is 14.3. The number of imide groups is 2. The molecule has 4 amide bonds. The van der Waals surface area contributed by atoms with Gasteiger partial charge in [0, 0.05) is 30.6 Å². The fourth-order valence-electron chi connectivity index (χ4n) is 7.54. The highest BCUT2D eigenvalue weighted by Gasteiger charge is 2.40. The first-order valence-electron chi connectivity index (χ1n) is 17.1. The summed E-state index contributed by atoms with van der Waals surface area (Å²) in [6.07, 6.45) is 3.23. The average Bonchev–Trinajstić information content (AvgIpc) is 3.15. The molecule has 1 saturated heterocycles. The Hall–Kier alpha value is -5.08. The van der Waals surface area contributed by atoms with Crippen LogP contribution < -0.4 is 19.9 Å². The third kappa shape index (κ3) is 6.45. The molecule has 1 N–H and O–H groups in total. The molecule has 0 aromatic heterocycles. The molecule has 10 heteroatoms. The summed E-state index contributed by atoms with van der Waals surface area (Å²) < 4.78 is 5.90. The number of benzene rings is 5. The molecular weight excluding hydrogens is 717 g/mol. The van der Waals surface area contributed by atoms with Crippen LogP contribution in [-0.4, -0.2) is 30.9 Å². The standard InChI is InChI=1S/C42H32Cl3N3O4/c43-35-13-11-26(21-36(35)44)24-52-38-14-12-25(20-37(38)45)19-34-40(49)46-42(51)48(41(34)50)29-22-32-30(27-7-3-1-4-8-27)15-17-47-18-16-31(33(23-29)39(32)47)28-9-5-2-6-10-28/h1-14,19-23,30-31H,15-18,24H2,(H,46,49,51)/b34-19+/t30-,31+. The van der Waals surface area contributed by atoms with Gasteiger partial charge in [-0.1, -0.05) is 108 Å². The van der Waals surface area contributed by atoms with Crippen molar-refractivity contribution in [1.29, 1.82) is 0 Å². The highest BCUT2D eigenvalue weighted by Crippen LogP contribution is 2.50. The summed E-state index contributed by atoms with van der Waals surface area (Å²) in [6, 6.07) is 34.0. The SMILES string of the molecule is O=C1NC(=O)N(c2cc3c4c(c2)[C@H](c2ccccc2)CCN4CC[C@@H]3c2ccccc2)C(=O)/C1=C/c1ccc(OCc2ccc(Cl)c(Cl)c2)c(Cl)c1. The number of urea groups is 1. The monoisotopic (exact) mass is 747 g/mol. The van der Waals surface area contributed by atoms with E-state index in [0.717, 1.165) is 53.2 Å². The summed E-state index contributed by atoms with van der Waals surface area (Å²) in [4.78, 5) is 44.5. The lowest BCUT2D eigenvalue weighted by Gasteiger charge is -2.44. The van der Waals surface area contributed by atoms with Crippen LogP contribution in [0.25, 0.3) is 6.08 Å². The first kappa shape index (κ1) is 34.0. The van der Waals surface area contributed by atoms with Crippen molar-refractivity contribution in [1.82, 2.24) is 5.32 Å². The molecule has 3 aliphatic heterocycles. The van der Waals surface area contributed by atoms with Crippen LogP contribution in [0.3, 0.4) is 0 Å². The van der Waals surface area contributed by atoms with E-state index in [1.807, 2.05) is 48.5 Å². The van der Waals surface area contributed by atoms with E-state index < -0.39 is 17.8 Å². The molecule has 1 fully saturated rings. The number of nitrogens with one attached hydrogen (secondary N) is 1. The van der Waals surface area contributed by atoms with Gasteiger partial charge in [0.25, 0.3) is 11.8 Å². The van der Waals surface area contributed by atoms with Crippen molar-refractivity contribution in [3.8, 4) is 5.75 Å². The van der Waals surface area contributed by atoms with E-state index in [2.05, 4.69) is 34.5 Å². The summed E-state index contributed by atoms with van der Waals surface area (Å²) in [6.45, 7) is 2.02. The fourth-order valence-corrected chi connectivity index (χ4v) is 8.11. The predicted molar refractivity (Wildman–Crippen MR) is 206 cm³/mol. The number of carbonyl (C=O) groups is 3. The van der Waals surface area contributed by atoms with Crippen LogP contribution in [0.15, 0.2) is 115 Å². The molecule has 3 heterocycles. The Morgan fingerprint density at radius 1 is 0.712 bits per heavy atom. The zero-order valence-corrected chi connectivity index (χ0v) is 30.1. The van der Waals surface area contributed by atoms with Crippen molar-refractivity contribution in [2.75, 3.05) is 22.9 Å². The molecule has 2 atom stereocenters. The van der Waals surface area contributed by atoms with Gasteiger partial charge in [0.05, 0.1) is 20.8 Å². The Morgan fingerprint density at radius 3 is 1.94 bits per heavy atom. The van der Waals surface area contributed by atoms with Gasteiger partial charge in [-0.15, -0.1) is 0 Å². The first-order valence-corrected chi connectivity index (χ1v) is 18.2. The van der Waals surface area contributed by atoms with Gasteiger partial charge >= 0.3 is 6.03 Å². The topological polar surface area (TPSA) is 79.0 Å². The minimum absolute atomic E-state index is 0.0693. The van der Waals surface area contributed by atoms with Crippen LogP contribution in [0.4, 0.5) is 16.2 Å². The Morgan fingerprint density at radius 2 is 1.35 bits per heavy atom. The number of anilines is 2. The third-order valence-electron chi connectivity index (χ3n) is 10.0. The molecule has 7 nitrogen and oxygen atoms in total. The number of nitrogens with zero attached hydrogens (tertiary/aromatic N) is 2. The minimum Gasteiger partial charge on any atom is -0.487 e. The summed E-state index contributed by atoms with van der Waals surface area (Å²) >= 11 is 18.7. The zero-order valence-electron chi connectivity index (χ0n) is 27.8. The Kier molecular flexibility index (Phi) is 9.26. The molecule has 0 unspecified atom stereocenters. The van der Waals surface area contributed by atoms with Crippen molar-refractivity contribution in [2.45, 2.75) is 31.3 Å². The number of hydrogen-bond donors (Lipinski definition) is 1. The molecule has 0 saturated carbocycles. The van der Waals surface area contributed by atoms with Gasteiger partial charge in [-0.2, -0.15) is 0 Å². The second-order valence-electron chi connectivity index (χ2n) is 13.1. The van der Waals surface area contributed by atoms with Crippen molar-refractivity contribution in [2.24, 2.45) is 0 Å². The lowest BCUT2D eigenvalue weighted by molar-refractivity contribution is -0.122. The van der Waals surface area contributed by atoms with Crippen molar-refractivity contribution >= 4 is 70.1 Å². The van der Waals surface area contributed by atoms with E-state index >= 15 is 0 Å². The normalized spacial score (nSPS) is 19.1. The second kappa shape index (κ2) is 14.2. The van der Waals surface area contributed by atoms with Gasteiger partial charge in [-0.05, 0) is 88.7 Å².